The highest BCUT2D eigenvalue weighted by molar-refractivity contribution is 7.22. The van der Waals surface area contributed by atoms with Gasteiger partial charge in [0, 0.05) is 10.9 Å². The van der Waals surface area contributed by atoms with Crippen LogP contribution in [0.3, 0.4) is 0 Å². The van der Waals surface area contributed by atoms with E-state index >= 15 is 0 Å². The van der Waals surface area contributed by atoms with Crippen molar-refractivity contribution in [1.82, 2.24) is 4.98 Å². The Bertz CT molecular complexity index is 1770. The fraction of sp³-hybridized carbons (Fsp3) is 0.167. The van der Waals surface area contributed by atoms with Crippen LogP contribution in [-0.2, 0) is 0 Å². The molecule has 0 N–H and O–H groups in total. The first-order chi connectivity index (χ1) is 18.1. The Kier molecular flexibility index (Phi) is 5.65. The van der Waals surface area contributed by atoms with E-state index in [9.17, 15) is 0 Å². The first-order valence-electron chi connectivity index (χ1n) is 11.7. The maximum atomic E-state index is 5.90. The number of methoxy groups -OCH3 is 5. The topological polar surface area (TPSA) is 59.0 Å². The molecule has 0 aliphatic rings. The molecular weight excluding hydrogens is 486 g/mol. The minimum absolute atomic E-state index is 0.651. The summed E-state index contributed by atoms with van der Waals surface area (Å²) in [5.41, 5.74) is 1.95. The van der Waals surface area contributed by atoms with Crippen molar-refractivity contribution in [2.24, 2.45) is 0 Å². The van der Waals surface area contributed by atoms with E-state index < -0.39 is 0 Å². The number of rotatable bonds is 6. The van der Waals surface area contributed by atoms with E-state index in [1.165, 1.54) is 0 Å². The van der Waals surface area contributed by atoms with Crippen molar-refractivity contribution in [3.8, 4) is 39.3 Å². The molecule has 1 heterocycles. The molecule has 0 saturated heterocycles. The van der Waals surface area contributed by atoms with Crippen molar-refractivity contribution in [3.63, 3.8) is 0 Å². The number of hydrogen-bond acceptors (Lipinski definition) is 7. The van der Waals surface area contributed by atoms with Crippen LogP contribution < -0.4 is 23.7 Å². The first-order valence-corrected chi connectivity index (χ1v) is 12.5. The van der Waals surface area contributed by atoms with Crippen molar-refractivity contribution < 1.29 is 23.7 Å². The predicted octanol–water partition coefficient (Wildman–Crippen LogP) is 7.47. The zero-order chi connectivity index (χ0) is 25.7. The maximum Gasteiger partial charge on any atom is 0.161 e. The van der Waals surface area contributed by atoms with E-state index in [1.54, 1.807) is 46.9 Å². The fourth-order valence-corrected chi connectivity index (χ4v) is 6.10. The zero-order valence-electron chi connectivity index (χ0n) is 21.2. The van der Waals surface area contributed by atoms with Crippen molar-refractivity contribution in [1.29, 1.82) is 0 Å². The lowest BCUT2D eigenvalue weighted by molar-refractivity contribution is 0.355. The molecule has 0 aliphatic heterocycles. The van der Waals surface area contributed by atoms with Gasteiger partial charge in [-0.05, 0) is 57.3 Å². The number of aromatic nitrogens is 1. The second-order valence-electron chi connectivity index (χ2n) is 8.57. The standard InChI is InChI=1S/C30H25NO5S/c1-32-22-11-17-18-12-24(34-3)25(35-4)14-20(18)27-21(19(17)13-23(22)33-2)15-26(36-5)29-28(27)31-30(37-29)16-9-7-6-8-10-16/h6-15H,1-5H3. The van der Waals surface area contributed by atoms with Crippen LogP contribution in [0.1, 0.15) is 0 Å². The molecule has 0 radical (unpaired) electrons. The van der Waals surface area contributed by atoms with Gasteiger partial charge in [0.05, 0.1) is 45.8 Å². The van der Waals surface area contributed by atoms with Gasteiger partial charge < -0.3 is 23.7 Å². The average Bonchev–Trinajstić information content (AvgIpc) is 3.41. The average molecular weight is 512 g/mol. The van der Waals surface area contributed by atoms with Crippen molar-refractivity contribution in [2.75, 3.05) is 35.5 Å². The Morgan fingerprint density at radius 2 is 0.973 bits per heavy atom. The van der Waals surface area contributed by atoms with Crippen molar-refractivity contribution >= 4 is 53.9 Å². The summed E-state index contributed by atoms with van der Waals surface area (Å²) >= 11 is 1.62. The summed E-state index contributed by atoms with van der Waals surface area (Å²) in [6.07, 6.45) is 0. The molecule has 0 atom stereocenters. The van der Waals surface area contributed by atoms with Gasteiger partial charge in [-0.3, -0.25) is 0 Å². The molecule has 6 nitrogen and oxygen atoms in total. The molecule has 0 unspecified atom stereocenters. The molecule has 7 heteroatoms. The molecule has 6 aromatic rings. The zero-order valence-corrected chi connectivity index (χ0v) is 22.0. The Labute approximate surface area is 217 Å². The van der Waals surface area contributed by atoms with Crippen LogP contribution >= 0.6 is 11.3 Å². The smallest absolute Gasteiger partial charge is 0.161 e. The van der Waals surface area contributed by atoms with E-state index in [0.717, 1.165) is 58.9 Å². The highest BCUT2D eigenvalue weighted by atomic mass is 32.1. The Morgan fingerprint density at radius 1 is 0.541 bits per heavy atom. The molecule has 186 valence electrons. The van der Waals surface area contributed by atoms with E-state index in [0.29, 0.717) is 23.0 Å². The number of thiazole rings is 1. The summed E-state index contributed by atoms with van der Waals surface area (Å²) in [6, 6.07) is 20.4. The third-order valence-electron chi connectivity index (χ3n) is 6.77. The third kappa shape index (κ3) is 3.49. The lowest BCUT2D eigenvalue weighted by Crippen LogP contribution is -1.95. The quantitative estimate of drug-likeness (QED) is 0.216. The van der Waals surface area contributed by atoms with E-state index in [-0.39, 0.29) is 0 Å². The molecule has 1 aromatic heterocycles. The Hall–Kier alpha value is -4.23. The Morgan fingerprint density at radius 3 is 1.46 bits per heavy atom. The highest BCUT2D eigenvalue weighted by Gasteiger charge is 2.22. The fourth-order valence-electron chi connectivity index (χ4n) is 5.03. The van der Waals surface area contributed by atoms with Crippen LogP contribution in [0.15, 0.2) is 60.7 Å². The largest absolute Gasteiger partial charge is 0.495 e. The lowest BCUT2D eigenvalue weighted by Gasteiger charge is -2.17. The van der Waals surface area contributed by atoms with Gasteiger partial charge in [0.25, 0.3) is 0 Å². The Balaban J connectivity index is 1.87. The van der Waals surface area contributed by atoms with Gasteiger partial charge in [-0.25, -0.2) is 4.98 Å². The number of hydrogen-bond donors (Lipinski definition) is 0. The summed E-state index contributed by atoms with van der Waals surface area (Å²) in [4.78, 5) is 5.16. The number of nitrogens with zero attached hydrogens (tertiary/aromatic N) is 1. The van der Waals surface area contributed by atoms with Crippen LogP contribution in [-0.4, -0.2) is 40.5 Å². The monoisotopic (exact) mass is 511 g/mol. The van der Waals surface area contributed by atoms with Crippen molar-refractivity contribution in [2.45, 2.75) is 0 Å². The van der Waals surface area contributed by atoms with Gasteiger partial charge in [0.15, 0.2) is 23.0 Å². The molecule has 6 rings (SSSR count). The normalized spacial score (nSPS) is 11.4. The summed E-state index contributed by atoms with van der Waals surface area (Å²) in [5.74, 6) is 3.38. The third-order valence-corrected chi connectivity index (χ3v) is 7.89. The summed E-state index contributed by atoms with van der Waals surface area (Å²) in [6.45, 7) is 0. The van der Waals surface area contributed by atoms with Gasteiger partial charge in [-0.1, -0.05) is 30.3 Å². The molecule has 0 saturated carbocycles. The van der Waals surface area contributed by atoms with Crippen LogP contribution in [0.25, 0.3) is 53.1 Å². The van der Waals surface area contributed by atoms with Gasteiger partial charge in [-0.15, -0.1) is 11.3 Å². The summed E-state index contributed by atoms with van der Waals surface area (Å²) in [5, 5.41) is 6.96. The molecule has 0 aliphatic carbocycles. The van der Waals surface area contributed by atoms with Crippen LogP contribution in [0.4, 0.5) is 0 Å². The molecule has 37 heavy (non-hydrogen) atoms. The van der Waals surface area contributed by atoms with E-state index in [1.807, 2.05) is 42.5 Å². The second-order valence-corrected chi connectivity index (χ2v) is 9.57. The predicted molar refractivity (Wildman–Crippen MR) is 150 cm³/mol. The molecular formula is C30H25NO5S. The van der Waals surface area contributed by atoms with E-state index in [2.05, 4.69) is 18.2 Å². The maximum absolute atomic E-state index is 5.90. The molecule has 0 fully saturated rings. The van der Waals surface area contributed by atoms with Gasteiger partial charge in [-0.2, -0.15) is 0 Å². The number of benzene rings is 5. The molecule has 0 amide bonds. The van der Waals surface area contributed by atoms with Crippen LogP contribution in [0.5, 0.6) is 28.7 Å². The van der Waals surface area contributed by atoms with Gasteiger partial charge >= 0.3 is 0 Å². The minimum Gasteiger partial charge on any atom is -0.495 e. The van der Waals surface area contributed by atoms with E-state index in [4.69, 9.17) is 28.7 Å². The van der Waals surface area contributed by atoms with Gasteiger partial charge in [0.1, 0.15) is 10.8 Å². The summed E-state index contributed by atoms with van der Waals surface area (Å²) in [7, 11) is 8.28. The SMILES string of the molecule is COc1cc2c3cc(OC)c(OC)cc3c3c(cc(OC)c4sc(-c5ccccc5)nc43)c2cc1OC. The molecule has 5 aromatic carbocycles. The minimum atomic E-state index is 0.651. The summed E-state index contributed by atoms with van der Waals surface area (Å²) < 4.78 is 29.6. The molecule has 0 bridgehead atoms. The first kappa shape index (κ1) is 23.2. The van der Waals surface area contributed by atoms with Gasteiger partial charge in [0.2, 0.25) is 0 Å². The number of ether oxygens (including phenoxy) is 5. The van der Waals surface area contributed by atoms with Crippen LogP contribution in [0, 0.1) is 0 Å². The van der Waals surface area contributed by atoms with Crippen LogP contribution in [0.2, 0.25) is 0 Å². The lowest BCUT2D eigenvalue weighted by atomic mass is 9.92. The highest BCUT2D eigenvalue weighted by Crippen LogP contribution is 2.49. The van der Waals surface area contributed by atoms with Crippen molar-refractivity contribution in [3.05, 3.63) is 60.7 Å². The molecule has 0 spiro atoms. The number of fused-ring (bicyclic) bond motifs is 8. The second kappa shape index (κ2) is 9.01.